The number of anilines is 3. The normalized spacial score (nSPS) is 11.6. The van der Waals surface area contributed by atoms with Gasteiger partial charge in [0, 0.05) is 49.7 Å². The molecule has 0 saturated carbocycles. The Balaban J connectivity index is 0.000000484. The fourth-order valence-electron chi connectivity index (χ4n) is 8.19. The van der Waals surface area contributed by atoms with Gasteiger partial charge in [-0.15, -0.1) is 0 Å². The van der Waals surface area contributed by atoms with Gasteiger partial charge in [-0.05, 0) is 92.7 Å². The summed E-state index contributed by atoms with van der Waals surface area (Å²) in [6.07, 6.45) is 8.12. The first-order valence-corrected chi connectivity index (χ1v) is 20.3. The summed E-state index contributed by atoms with van der Waals surface area (Å²) >= 11 is 0. The minimum Gasteiger partial charge on any atom is -0.383 e. The number of aromatic nitrogens is 3. The Morgan fingerprint density at radius 1 is 0.559 bits per heavy atom. The predicted molar refractivity (Wildman–Crippen MR) is 257 cm³/mol. The molecule has 5 nitrogen and oxygen atoms in total. The first-order chi connectivity index (χ1) is 29.1. The number of rotatable bonds is 7. The van der Waals surface area contributed by atoms with Gasteiger partial charge >= 0.3 is 0 Å². The van der Waals surface area contributed by atoms with Crippen LogP contribution >= 0.6 is 0 Å². The number of hydrogen-bond acceptors (Lipinski definition) is 2. The number of nitrogens with zero attached hydrogens (tertiary/aromatic N) is 3. The summed E-state index contributed by atoms with van der Waals surface area (Å²) in [7, 11) is 0. The molecule has 10 aromatic rings. The van der Waals surface area contributed by atoms with E-state index in [1.165, 1.54) is 21.7 Å². The number of hydrogen-bond donors (Lipinski definition) is 2. The Morgan fingerprint density at radius 3 is 1.76 bits per heavy atom. The smallest absolute Gasteiger partial charge is 0.133 e. The molecule has 0 aliphatic carbocycles. The first-order valence-electron chi connectivity index (χ1n) is 20.3. The van der Waals surface area contributed by atoms with Gasteiger partial charge in [-0.1, -0.05) is 141 Å². The van der Waals surface area contributed by atoms with E-state index in [2.05, 4.69) is 178 Å². The van der Waals surface area contributed by atoms with Crippen molar-refractivity contribution < 1.29 is 0 Å². The van der Waals surface area contributed by atoms with Gasteiger partial charge in [0.15, 0.2) is 0 Å². The van der Waals surface area contributed by atoms with Gasteiger partial charge in [0.25, 0.3) is 0 Å². The molecule has 0 saturated heterocycles. The van der Waals surface area contributed by atoms with Crippen molar-refractivity contribution in [1.29, 1.82) is 0 Å². The van der Waals surface area contributed by atoms with Crippen LogP contribution in [0, 0.1) is 6.92 Å². The number of fused-ring (bicyclic) bond motifs is 8. The summed E-state index contributed by atoms with van der Waals surface area (Å²) in [5, 5.41) is 9.52. The third-order valence-electron chi connectivity index (χ3n) is 10.6. The van der Waals surface area contributed by atoms with Crippen LogP contribution < -0.4 is 11.1 Å². The van der Waals surface area contributed by atoms with Crippen LogP contribution in [-0.4, -0.2) is 13.7 Å². The number of nitrogens with two attached hydrogens (primary N) is 1. The Hall–Kier alpha value is -7.50. The topological polar surface area (TPSA) is 52.8 Å². The number of para-hydroxylation sites is 4. The fourth-order valence-corrected chi connectivity index (χ4v) is 8.19. The van der Waals surface area contributed by atoms with E-state index in [-0.39, 0.29) is 0 Å². The van der Waals surface area contributed by atoms with Crippen LogP contribution in [0.15, 0.2) is 201 Å². The van der Waals surface area contributed by atoms with Crippen molar-refractivity contribution in [2.24, 2.45) is 0 Å². The zero-order valence-corrected chi connectivity index (χ0v) is 34.1. The summed E-state index contributed by atoms with van der Waals surface area (Å²) in [4.78, 5) is 0. The molecule has 0 bridgehead atoms. The molecule has 0 aliphatic rings. The molecule has 7 aromatic carbocycles. The van der Waals surface area contributed by atoms with Crippen molar-refractivity contribution in [3.05, 3.63) is 206 Å². The lowest BCUT2D eigenvalue weighted by atomic mass is 10.1. The molecular formula is C54H49N5. The van der Waals surface area contributed by atoms with Crippen molar-refractivity contribution in [2.75, 3.05) is 11.1 Å². The molecule has 3 N–H and O–H groups in total. The quantitative estimate of drug-likeness (QED) is 0.159. The second kappa shape index (κ2) is 16.9. The molecule has 0 aliphatic heterocycles. The van der Waals surface area contributed by atoms with Crippen LogP contribution in [0.25, 0.3) is 71.6 Å². The molecule has 0 atom stereocenters. The number of aryl methyl sites for hydroxylation is 1. The molecule has 290 valence electrons. The van der Waals surface area contributed by atoms with Gasteiger partial charge in [-0.25, -0.2) is 0 Å². The lowest BCUT2D eigenvalue weighted by Crippen LogP contribution is -2.01. The zero-order valence-electron chi connectivity index (χ0n) is 34.1. The van der Waals surface area contributed by atoms with Crippen LogP contribution in [0.5, 0.6) is 0 Å². The second-order valence-electron chi connectivity index (χ2n) is 14.2. The van der Waals surface area contributed by atoms with Crippen molar-refractivity contribution in [3.8, 4) is 11.4 Å². The van der Waals surface area contributed by atoms with E-state index < -0.39 is 0 Å². The molecule has 10 rings (SSSR count). The van der Waals surface area contributed by atoms with Crippen molar-refractivity contribution in [3.63, 3.8) is 0 Å². The Bertz CT molecular complexity index is 3120. The van der Waals surface area contributed by atoms with Crippen molar-refractivity contribution >= 4 is 77.4 Å². The maximum absolute atomic E-state index is 7.11. The van der Waals surface area contributed by atoms with Crippen LogP contribution in [-0.2, 0) is 0 Å². The standard InChI is InChI=1S/C45H35N5.C7H8.C2H6/c1-3-15-31(16-4-2)48-37-23-13-11-21-34(37)36-29-33(25-26-39(36)48)49-38-24-14-12-22-35(38)42-40(49)27-28-41-43(42)44(47-30-17-7-5-8-18-30)45(46)50(41)32-19-9-6-10-20-32;1-7-5-3-2-4-6-7;1-2/h3-29,47H,1,46H2,2H3;2-6H,1H3;1-2H3/b16-4-,31-15+;;. The molecule has 3 aromatic heterocycles. The van der Waals surface area contributed by atoms with Crippen LogP contribution in [0.3, 0.4) is 0 Å². The van der Waals surface area contributed by atoms with Crippen LogP contribution in [0.2, 0.25) is 0 Å². The van der Waals surface area contributed by atoms with E-state index in [1.807, 2.05) is 69.3 Å². The third kappa shape index (κ3) is 6.98. The number of benzene rings is 7. The Labute approximate surface area is 346 Å². The highest BCUT2D eigenvalue weighted by Gasteiger charge is 2.24. The maximum atomic E-state index is 7.11. The van der Waals surface area contributed by atoms with Crippen molar-refractivity contribution in [1.82, 2.24) is 13.7 Å². The molecular weight excluding hydrogens is 719 g/mol. The molecule has 5 heteroatoms. The first kappa shape index (κ1) is 38.4. The maximum Gasteiger partial charge on any atom is 0.133 e. The number of nitrogens with one attached hydrogen (secondary N) is 1. The lowest BCUT2D eigenvalue weighted by Gasteiger charge is -2.11. The number of allylic oxidation sites excluding steroid dienone is 5. The largest absolute Gasteiger partial charge is 0.383 e. The van der Waals surface area contributed by atoms with Crippen LogP contribution in [0.4, 0.5) is 17.2 Å². The molecule has 0 spiro atoms. The predicted octanol–water partition coefficient (Wildman–Crippen LogP) is 14.8. The monoisotopic (exact) mass is 767 g/mol. The average molecular weight is 768 g/mol. The van der Waals surface area contributed by atoms with Gasteiger partial charge in [0.05, 0.1) is 33.3 Å². The van der Waals surface area contributed by atoms with E-state index >= 15 is 0 Å². The SMILES string of the molecule is C=C/C=C(\C=C/C)n1c2ccccc2c2cc(-n3c4ccccc4c4c5c(Nc6ccccc6)c(N)n(-c6ccccc6)c5ccc43)ccc21.CC.Cc1ccccc1. The van der Waals surface area contributed by atoms with E-state index in [0.717, 1.165) is 66.8 Å². The highest BCUT2D eigenvalue weighted by atomic mass is 15.1. The van der Waals surface area contributed by atoms with Gasteiger partial charge in [0.1, 0.15) is 5.82 Å². The van der Waals surface area contributed by atoms with Crippen LogP contribution in [0.1, 0.15) is 26.3 Å². The molecule has 0 amide bonds. The summed E-state index contributed by atoms with van der Waals surface area (Å²) in [5.41, 5.74) is 19.1. The highest BCUT2D eigenvalue weighted by molar-refractivity contribution is 6.26. The fraction of sp³-hybridized carbons (Fsp3) is 0.0741. The second-order valence-corrected chi connectivity index (χ2v) is 14.2. The highest BCUT2D eigenvalue weighted by Crippen LogP contribution is 2.46. The van der Waals surface area contributed by atoms with Gasteiger partial charge < -0.3 is 20.2 Å². The Morgan fingerprint density at radius 2 is 1.12 bits per heavy atom. The zero-order chi connectivity index (χ0) is 40.9. The Kier molecular flexibility index (Phi) is 11.0. The van der Waals surface area contributed by atoms with Gasteiger partial charge in [0.2, 0.25) is 0 Å². The summed E-state index contributed by atoms with van der Waals surface area (Å²) < 4.78 is 6.87. The van der Waals surface area contributed by atoms with E-state index in [1.54, 1.807) is 0 Å². The number of nitrogen functional groups attached to an aromatic ring is 1. The van der Waals surface area contributed by atoms with Gasteiger partial charge in [-0.2, -0.15) is 0 Å². The van der Waals surface area contributed by atoms with Gasteiger partial charge in [-0.3, -0.25) is 4.57 Å². The average Bonchev–Trinajstić information content (AvgIpc) is 3.90. The molecule has 0 unspecified atom stereocenters. The minimum absolute atomic E-state index is 0.665. The molecule has 3 heterocycles. The molecule has 0 radical (unpaired) electrons. The summed E-state index contributed by atoms with van der Waals surface area (Å²) in [6.45, 7) is 12.1. The lowest BCUT2D eigenvalue weighted by molar-refractivity contribution is 1.14. The summed E-state index contributed by atoms with van der Waals surface area (Å²) in [6, 6.07) is 59.4. The minimum atomic E-state index is 0.665. The van der Waals surface area contributed by atoms with E-state index in [4.69, 9.17) is 5.73 Å². The van der Waals surface area contributed by atoms with E-state index in [9.17, 15) is 0 Å². The van der Waals surface area contributed by atoms with Crippen molar-refractivity contribution in [2.45, 2.75) is 27.7 Å². The molecule has 0 fully saturated rings. The third-order valence-corrected chi connectivity index (χ3v) is 10.6. The van der Waals surface area contributed by atoms with E-state index in [0.29, 0.717) is 5.82 Å². The summed E-state index contributed by atoms with van der Waals surface area (Å²) in [5.74, 6) is 0.665. The molecule has 59 heavy (non-hydrogen) atoms.